The van der Waals surface area contributed by atoms with Crippen molar-refractivity contribution >= 4 is 110 Å². The highest BCUT2D eigenvalue weighted by Crippen LogP contribution is 2.46. The summed E-state index contributed by atoms with van der Waals surface area (Å²) in [6, 6.07) is 52.2. The molecule has 0 fully saturated rings. The van der Waals surface area contributed by atoms with E-state index in [9.17, 15) is 0 Å². The molecule has 0 aliphatic rings. The SMILES string of the molecule is CCc1ccc2c(n1)oc1c(-c3cc(C(C)C)c(C(C)C)c[n+]3C)c(C)ccc12.Cc1ccc2c(oc3nc(C(C)C)ccc32)c1-c1cc(C(C)C)c(C(C)C)c[n+]1C.[2H]C(C)(C)c1cc(-c2c(C)ccc3c2oc2nc(C(C)C)ccc23)[n+](C)cc1C([2H])([2H])C([2H])([2H])[2H].[2H]C([2H])(C)c1c[n+](C)c(-c2c(C)ccc3c2oc2nc(C(C)C)ccc23)cc1C([2H])(C)C.[2H]C([2H])(C)c1c[n+](C)c(-c2c(C)ccc3c2oc2nc(CC)ccc23)cc1C([2H])(C)C. The first kappa shape index (κ1) is 89.2. The van der Waals surface area contributed by atoms with E-state index >= 15 is 0 Å². The van der Waals surface area contributed by atoms with E-state index in [1.807, 2.05) is 98.9 Å². The second-order valence-corrected chi connectivity index (χ2v) is 42.3. The van der Waals surface area contributed by atoms with E-state index in [0.717, 1.165) is 179 Å². The maximum atomic E-state index is 8.70. The molecule has 20 aromatic rings. The highest BCUT2D eigenvalue weighted by Gasteiger charge is 2.33. The quantitative estimate of drug-likeness (QED) is 0.0675. The van der Waals surface area contributed by atoms with Crippen LogP contribution in [-0.2, 0) is 67.2 Å². The van der Waals surface area contributed by atoms with Crippen molar-refractivity contribution in [1.29, 1.82) is 0 Å². The van der Waals surface area contributed by atoms with E-state index in [2.05, 4.69) is 268 Å². The van der Waals surface area contributed by atoms with Gasteiger partial charge < -0.3 is 22.1 Å². The minimum Gasteiger partial charge on any atom is -0.437 e. The van der Waals surface area contributed by atoms with Gasteiger partial charge in [-0.05, 0) is 242 Å². The summed E-state index contributed by atoms with van der Waals surface area (Å²) in [7, 11) is 9.87. The van der Waals surface area contributed by atoms with Gasteiger partial charge in [0.15, 0.2) is 58.9 Å². The van der Waals surface area contributed by atoms with Crippen LogP contribution in [0.2, 0.25) is 0 Å². The number of aryl methyl sites for hydroxylation is 15. The molecular formula is C130H155N10O5+5. The lowest BCUT2D eigenvalue weighted by atomic mass is 9.90. The molecule has 0 saturated carbocycles. The third kappa shape index (κ3) is 20.2. The summed E-state index contributed by atoms with van der Waals surface area (Å²) < 4.78 is 141. The summed E-state index contributed by atoms with van der Waals surface area (Å²) in [5.74, 6) is -0.278. The van der Waals surface area contributed by atoms with E-state index in [4.69, 9.17) is 58.5 Å². The van der Waals surface area contributed by atoms with Gasteiger partial charge in [-0.15, -0.1) is 0 Å². The number of hydrogen-bond acceptors (Lipinski definition) is 10. The molecule has 0 aliphatic heterocycles. The van der Waals surface area contributed by atoms with Crippen LogP contribution in [0.1, 0.15) is 360 Å². The van der Waals surface area contributed by atoms with Gasteiger partial charge in [-0.3, -0.25) is 0 Å². The van der Waals surface area contributed by atoms with Crippen LogP contribution in [0, 0.1) is 34.6 Å². The number of benzene rings is 5. The fourth-order valence-electron chi connectivity index (χ4n) is 20.4. The number of aromatic nitrogens is 10. The zero-order valence-electron chi connectivity index (χ0n) is 104. The van der Waals surface area contributed by atoms with E-state index in [1.165, 1.54) is 56.5 Å². The number of pyridine rings is 10. The molecule has 0 bridgehead atoms. The van der Waals surface area contributed by atoms with Crippen molar-refractivity contribution in [2.45, 2.75) is 299 Å². The van der Waals surface area contributed by atoms with E-state index in [1.54, 1.807) is 73.1 Å². The Bertz CT molecular complexity index is 8950. The van der Waals surface area contributed by atoms with Gasteiger partial charge >= 0.3 is 0 Å². The first-order chi connectivity index (χ1) is 73.2. The zero-order chi connectivity index (χ0) is 115. The standard InChI is InChI=1S/C27H33N2O.3C26H31N2O.C25H29N2O/c1-15(2)21-13-24(29(8)14-22(21)16(3)4)25-18(7)9-10-19-20-11-12-23(17(5)6)28-27(20)30-26(19)25;1-8-18-10-12-20-19-11-9-17(6)24(25(19)29-26(20)27-18)23-13-21(15(2)3)22(16(4)5)14-28(23)7;2*1-8-18-14-28(7)23(13-21(18)15(2)3)24-17(6)9-10-19-20-11-12-22(16(4)5)27-26(20)29-25(19)24;1-7-17-14-27(6)22(13-21(17)15(3)4)23-16(5)9-11-19-20-12-10-18(8-2)26-25(20)28-24(19)23/h9-17H,1-8H3;3*9-16H,8H2,1-7H3;9-15H,7-8H2,1-6H3/q5*+1/i;;1D3,8D2,15D;8D2,15D;7D2,15D. The van der Waals surface area contributed by atoms with Crippen molar-refractivity contribution in [3.05, 3.63) is 295 Å². The largest absolute Gasteiger partial charge is 0.437 e. The van der Waals surface area contributed by atoms with Gasteiger partial charge in [0.1, 0.15) is 35.2 Å². The third-order valence-corrected chi connectivity index (χ3v) is 28.8. The van der Waals surface area contributed by atoms with Crippen molar-refractivity contribution in [3.8, 4) is 56.3 Å². The van der Waals surface area contributed by atoms with Gasteiger partial charge in [-0.2, -0.15) is 0 Å². The molecule has 5 aromatic carbocycles. The molecule has 0 N–H and O–H groups in total. The Hall–Kier alpha value is -13.4. The molecule has 0 amide bonds. The topological polar surface area (TPSA) is 150 Å². The summed E-state index contributed by atoms with van der Waals surface area (Å²) in [5, 5.41) is 10.2. The smallest absolute Gasteiger partial charge is 0.227 e. The van der Waals surface area contributed by atoms with Crippen LogP contribution in [0.4, 0.5) is 0 Å². The normalized spacial score (nSPS) is 13.9. The minimum atomic E-state index is -2.88. The van der Waals surface area contributed by atoms with Crippen LogP contribution in [0.15, 0.2) is 205 Å². The Morgan fingerprint density at radius 1 is 0.255 bits per heavy atom. The van der Waals surface area contributed by atoms with Gasteiger partial charge in [0.25, 0.3) is 0 Å². The Labute approximate surface area is 876 Å². The lowest BCUT2D eigenvalue weighted by molar-refractivity contribution is -0.661. The molecule has 750 valence electrons. The summed E-state index contributed by atoms with van der Waals surface area (Å²) in [4.78, 5) is 23.7. The molecule has 0 spiro atoms. The molecule has 0 radical (unpaired) electrons. The molecule has 0 saturated heterocycles. The fraction of sp³-hybridized carbons (Fsp3) is 0.385. The monoisotopic (exact) mass is 1950 g/mol. The van der Waals surface area contributed by atoms with E-state index < -0.39 is 43.7 Å². The van der Waals surface area contributed by atoms with E-state index in [-0.39, 0.29) is 11.5 Å². The van der Waals surface area contributed by atoms with Crippen molar-refractivity contribution < 1.29 is 61.4 Å². The summed E-state index contributed by atoms with van der Waals surface area (Å²) >= 11 is 0. The number of rotatable bonds is 20. The van der Waals surface area contributed by atoms with Gasteiger partial charge in [0, 0.05) is 157 Å². The van der Waals surface area contributed by atoms with Crippen molar-refractivity contribution in [2.75, 3.05) is 0 Å². The highest BCUT2D eigenvalue weighted by atomic mass is 16.4. The lowest BCUT2D eigenvalue weighted by Crippen LogP contribution is -2.32. The molecule has 15 aromatic heterocycles. The van der Waals surface area contributed by atoms with Crippen molar-refractivity contribution in [3.63, 3.8) is 0 Å². The predicted molar refractivity (Wildman–Crippen MR) is 602 cm³/mol. The third-order valence-electron chi connectivity index (χ3n) is 28.8. The second kappa shape index (κ2) is 42.7. The van der Waals surface area contributed by atoms with Crippen molar-refractivity contribution in [1.82, 2.24) is 24.9 Å². The van der Waals surface area contributed by atoms with Crippen LogP contribution >= 0.6 is 0 Å². The fourth-order valence-corrected chi connectivity index (χ4v) is 20.4. The van der Waals surface area contributed by atoms with Gasteiger partial charge in [0.2, 0.25) is 57.0 Å². The Balaban J connectivity index is 0.000000139. The summed E-state index contributed by atoms with van der Waals surface area (Å²) in [5.41, 5.74) is 36.1. The van der Waals surface area contributed by atoms with Gasteiger partial charge in [-0.1, -0.05) is 234 Å². The lowest BCUT2D eigenvalue weighted by Gasteiger charge is -2.16. The second-order valence-electron chi connectivity index (χ2n) is 42.3. The highest BCUT2D eigenvalue weighted by molar-refractivity contribution is 6.13. The molecule has 145 heavy (non-hydrogen) atoms. The van der Waals surface area contributed by atoms with Crippen LogP contribution in [0.3, 0.4) is 0 Å². The van der Waals surface area contributed by atoms with Crippen LogP contribution in [-0.4, -0.2) is 24.9 Å². The maximum Gasteiger partial charge on any atom is 0.227 e. The summed E-state index contributed by atoms with van der Waals surface area (Å²) in [6.07, 6.45) is 5.75. The minimum absolute atomic E-state index is 0.0126. The van der Waals surface area contributed by atoms with Crippen molar-refractivity contribution in [2.24, 2.45) is 35.2 Å². The molecule has 0 atom stereocenters. The molecule has 15 nitrogen and oxygen atoms in total. The molecule has 20 rings (SSSR count). The maximum absolute atomic E-state index is 8.70. The predicted octanol–water partition coefficient (Wildman–Crippen LogP) is 33.0. The van der Waals surface area contributed by atoms with Crippen LogP contribution in [0.25, 0.3) is 167 Å². The molecular weight excluding hydrogens is 1780 g/mol. The molecule has 0 aliphatic carbocycles. The zero-order valence-corrected chi connectivity index (χ0v) is 91.8. The number of hydrogen-bond donors (Lipinski definition) is 0. The molecule has 0 unspecified atom stereocenters. The Morgan fingerprint density at radius 3 is 0.683 bits per heavy atom. The average Bonchev–Trinajstić information content (AvgIpc) is 1.66. The first-order valence-electron chi connectivity index (χ1n) is 57.6. The van der Waals surface area contributed by atoms with Gasteiger partial charge in [-0.25, -0.2) is 47.8 Å². The van der Waals surface area contributed by atoms with Crippen LogP contribution < -0.4 is 22.8 Å². The number of furan rings is 5. The Morgan fingerprint density at radius 2 is 0.469 bits per heavy atom. The number of nitrogens with zero attached hydrogens (tertiary/aromatic N) is 10. The number of fused-ring (bicyclic) bond motifs is 15. The Kier molecular flexibility index (Phi) is 26.3. The molecule has 15 heteroatoms. The van der Waals surface area contributed by atoms with Gasteiger partial charge in [0.05, 0.1) is 27.8 Å². The molecule has 15 heterocycles. The first-order valence-corrected chi connectivity index (χ1v) is 51.6. The summed E-state index contributed by atoms with van der Waals surface area (Å²) in [6.45, 7) is 56.1. The average molecular weight is 1950 g/mol. The van der Waals surface area contributed by atoms with Crippen LogP contribution in [0.5, 0.6) is 0 Å². The van der Waals surface area contributed by atoms with E-state index in [0.29, 0.717) is 91.7 Å².